The third kappa shape index (κ3) is 2.38. The second-order valence-corrected chi connectivity index (χ2v) is 5.86. The summed E-state index contributed by atoms with van der Waals surface area (Å²) in [7, 11) is 0. The standard InChI is InChI=1S/C12H20N4S/c1-10(12-14-2-7-17-12)15-3-5-16(6-4-15)11-8-13-9-11/h2,7,10-11,13H,3-6,8-9H2,1H3. The SMILES string of the molecule is CC(c1nccs1)N1CCN(C2CNC2)CC1. The van der Waals surface area contributed by atoms with Crippen LogP contribution >= 0.6 is 11.3 Å². The Labute approximate surface area is 107 Å². The lowest BCUT2D eigenvalue weighted by atomic mass is 10.1. The van der Waals surface area contributed by atoms with E-state index in [2.05, 4.69) is 32.4 Å². The number of aromatic nitrogens is 1. The van der Waals surface area contributed by atoms with Gasteiger partial charge in [0.1, 0.15) is 5.01 Å². The summed E-state index contributed by atoms with van der Waals surface area (Å²) in [6.07, 6.45) is 1.91. The van der Waals surface area contributed by atoms with E-state index in [4.69, 9.17) is 0 Å². The molecule has 1 aromatic heterocycles. The lowest BCUT2D eigenvalue weighted by Crippen LogP contribution is -2.61. The molecule has 94 valence electrons. The molecule has 0 spiro atoms. The van der Waals surface area contributed by atoms with Crippen LogP contribution in [0.1, 0.15) is 18.0 Å². The maximum absolute atomic E-state index is 4.43. The van der Waals surface area contributed by atoms with Crippen LogP contribution in [0.2, 0.25) is 0 Å². The van der Waals surface area contributed by atoms with Gasteiger partial charge >= 0.3 is 0 Å². The van der Waals surface area contributed by atoms with Gasteiger partial charge < -0.3 is 5.32 Å². The number of nitrogens with zero attached hydrogens (tertiary/aromatic N) is 3. The molecule has 1 unspecified atom stereocenters. The highest BCUT2D eigenvalue weighted by atomic mass is 32.1. The zero-order valence-corrected chi connectivity index (χ0v) is 11.1. The second-order valence-electron chi connectivity index (χ2n) is 4.93. The summed E-state index contributed by atoms with van der Waals surface area (Å²) in [5.41, 5.74) is 0. The number of rotatable bonds is 3. The zero-order valence-electron chi connectivity index (χ0n) is 10.3. The summed E-state index contributed by atoms with van der Waals surface area (Å²) in [6, 6.07) is 1.28. The molecular formula is C12H20N4S. The minimum absolute atomic E-state index is 0.483. The summed E-state index contributed by atoms with van der Waals surface area (Å²) in [4.78, 5) is 9.61. The van der Waals surface area contributed by atoms with Crippen LogP contribution in [0.5, 0.6) is 0 Å². The highest BCUT2D eigenvalue weighted by molar-refractivity contribution is 7.09. The highest BCUT2D eigenvalue weighted by Gasteiger charge is 2.29. The van der Waals surface area contributed by atoms with Crippen LogP contribution in [0.25, 0.3) is 0 Å². The molecule has 2 fully saturated rings. The fourth-order valence-corrected chi connectivity index (χ4v) is 3.35. The van der Waals surface area contributed by atoms with Gasteiger partial charge in [-0.25, -0.2) is 4.98 Å². The fourth-order valence-electron chi connectivity index (χ4n) is 2.62. The van der Waals surface area contributed by atoms with Gasteiger partial charge in [-0.1, -0.05) is 0 Å². The molecule has 1 aromatic rings. The normalized spacial score (nSPS) is 25.7. The van der Waals surface area contributed by atoms with Crippen LogP contribution in [0.4, 0.5) is 0 Å². The number of hydrogen-bond donors (Lipinski definition) is 1. The van der Waals surface area contributed by atoms with Crippen molar-refractivity contribution < 1.29 is 0 Å². The summed E-state index contributed by atoms with van der Waals surface area (Å²) < 4.78 is 0. The Hall–Kier alpha value is -0.490. The molecule has 2 saturated heterocycles. The van der Waals surface area contributed by atoms with E-state index in [1.165, 1.54) is 44.3 Å². The van der Waals surface area contributed by atoms with Gasteiger partial charge in [0.25, 0.3) is 0 Å². The van der Waals surface area contributed by atoms with Crippen LogP contribution < -0.4 is 5.32 Å². The van der Waals surface area contributed by atoms with Crippen molar-refractivity contribution in [2.45, 2.75) is 19.0 Å². The van der Waals surface area contributed by atoms with Crippen LogP contribution in [0, 0.1) is 0 Å². The molecule has 1 atom stereocenters. The molecule has 2 aliphatic rings. The third-order valence-corrected chi connectivity index (χ3v) is 4.93. The first-order valence-electron chi connectivity index (χ1n) is 6.43. The van der Waals surface area contributed by atoms with Gasteiger partial charge in [0.2, 0.25) is 0 Å². The monoisotopic (exact) mass is 252 g/mol. The molecular weight excluding hydrogens is 232 g/mol. The van der Waals surface area contributed by atoms with Crippen molar-refractivity contribution in [1.82, 2.24) is 20.1 Å². The van der Waals surface area contributed by atoms with Crippen molar-refractivity contribution in [2.24, 2.45) is 0 Å². The topological polar surface area (TPSA) is 31.4 Å². The van der Waals surface area contributed by atoms with E-state index < -0.39 is 0 Å². The molecule has 3 heterocycles. The lowest BCUT2D eigenvalue weighted by Gasteiger charge is -2.44. The van der Waals surface area contributed by atoms with Gasteiger partial charge in [0, 0.05) is 56.9 Å². The van der Waals surface area contributed by atoms with Crippen molar-refractivity contribution in [3.63, 3.8) is 0 Å². The van der Waals surface area contributed by atoms with Crippen molar-refractivity contribution >= 4 is 11.3 Å². The van der Waals surface area contributed by atoms with E-state index in [0.29, 0.717) is 6.04 Å². The molecule has 4 nitrogen and oxygen atoms in total. The van der Waals surface area contributed by atoms with Crippen LogP contribution in [-0.4, -0.2) is 60.1 Å². The molecule has 17 heavy (non-hydrogen) atoms. The van der Waals surface area contributed by atoms with Crippen molar-refractivity contribution in [2.75, 3.05) is 39.3 Å². The minimum atomic E-state index is 0.483. The molecule has 2 aliphatic heterocycles. The Morgan fingerprint density at radius 2 is 2.12 bits per heavy atom. The predicted molar refractivity (Wildman–Crippen MR) is 70.3 cm³/mol. The smallest absolute Gasteiger partial charge is 0.109 e. The Kier molecular flexibility index (Phi) is 3.42. The van der Waals surface area contributed by atoms with Gasteiger partial charge in [-0.3, -0.25) is 9.80 Å². The molecule has 0 radical (unpaired) electrons. The van der Waals surface area contributed by atoms with E-state index in [1.54, 1.807) is 11.3 Å². The summed E-state index contributed by atoms with van der Waals surface area (Å²) in [5.74, 6) is 0. The summed E-state index contributed by atoms with van der Waals surface area (Å²) in [6.45, 7) is 9.42. The Morgan fingerprint density at radius 1 is 1.35 bits per heavy atom. The van der Waals surface area contributed by atoms with Crippen LogP contribution in [0.15, 0.2) is 11.6 Å². The maximum atomic E-state index is 4.43. The number of hydrogen-bond acceptors (Lipinski definition) is 5. The van der Waals surface area contributed by atoms with Crippen LogP contribution in [0.3, 0.4) is 0 Å². The number of piperazine rings is 1. The van der Waals surface area contributed by atoms with Crippen molar-refractivity contribution in [3.8, 4) is 0 Å². The maximum Gasteiger partial charge on any atom is 0.109 e. The van der Waals surface area contributed by atoms with E-state index in [-0.39, 0.29) is 0 Å². The lowest BCUT2D eigenvalue weighted by molar-refractivity contribution is 0.0552. The average Bonchev–Trinajstić information content (AvgIpc) is 2.80. The molecule has 0 aliphatic carbocycles. The predicted octanol–water partition coefficient (Wildman–Crippen LogP) is 0.794. The highest BCUT2D eigenvalue weighted by Crippen LogP contribution is 2.23. The van der Waals surface area contributed by atoms with Gasteiger partial charge in [-0.05, 0) is 6.92 Å². The summed E-state index contributed by atoms with van der Waals surface area (Å²) in [5, 5.41) is 6.68. The first-order valence-corrected chi connectivity index (χ1v) is 7.31. The molecule has 0 saturated carbocycles. The first kappa shape index (κ1) is 11.6. The second kappa shape index (κ2) is 5.02. The zero-order chi connectivity index (χ0) is 11.7. The molecule has 0 aromatic carbocycles. The molecule has 3 rings (SSSR count). The molecule has 5 heteroatoms. The fraction of sp³-hybridized carbons (Fsp3) is 0.750. The third-order valence-electron chi connectivity index (χ3n) is 3.98. The van der Waals surface area contributed by atoms with Crippen molar-refractivity contribution in [1.29, 1.82) is 0 Å². The molecule has 0 bridgehead atoms. The van der Waals surface area contributed by atoms with E-state index in [9.17, 15) is 0 Å². The Balaban J connectivity index is 1.54. The quantitative estimate of drug-likeness (QED) is 0.862. The van der Waals surface area contributed by atoms with Gasteiger partial charge in [-0.15, -0.1) is 11.3 Å². The van der Waals surface area contributed by atoms with Crippen LogP contribution in [-0.2, 0) is 0 Å². The summed E-state index contributed by atoms with van der Waals surface area (Å²) >= 11 is 1.77. The Morgan fingerprint density at radius 3 is 2.65 bits per heavy atom. The van der Waals surface area contributed by atoms with Gasteiger partial charge in [-0.2, -0.15) is 0 Å². The average molecular weight is 252 g/mol. The number of thiazole rings is 1. The minimum Gasteiger partial charge on any atom is -0.314 e. The van der Waals surface area contributed by atoms with Crippen molar-refractivity contribution in [3.05, 3.63) is 16.6 Å². The first-order chi connectivity index (χ1) is 8.34. The van der Waals surface area contributed by atoms with Gasteiger partial charge in [0.05, 0.1) is 6.04 Å². The van der Waals surface area contributed by atoms with E-state index >= 15 is 0 Å². The molecule has 0 amide bonds. The van der Waals surface area contributed by atoms with Gasteiger partial charge in [0.15, 0.2) is 0 Å². The number of nitrogens with one attached hydrogen (secondary N) is 1. The molecule has 1 N–H and O–H groups in total. The Bertz CT molecular complexity index is 341. The van der Waals surface area contributed by atoms with E-state index in [0.717, 1.165) is 6.04 Å². The van der Waals surface area contributed by atoms with E-state index in [1.807, 2.05) is 6.20 Å². The largest absolute Gasteiger partial charge is 0.314 e.